The first-order valence-corrected chi connectivity index (χ1v) is 9.84. The number of piperazine rings is 1. The number of carbonyl (C=O) groups excluding carboxylic acids is 1. The van der Waals surface area contributed by atoms with Gasteiger partial charge in [-0.05, 0) is 37.1 Å². The fraction of sp³-hybridized carbons (Fsp3) is 0.579. The van der Waals surface area contributed by atoms with E-state index < -0.39 is 0 Å². The van der Waals surface area contributed by atoms with Crippen molar-refractivity contribution in [2.45, 2.75) is 38.1 Å². The van der Waals surface area contributed by atoms with Gasteiger partial charge in [0.05, 0.1) is 0 Å². The summed E-state index contributed by atoms with van der Waals surface area (Å²) in [6.45, 7) is 3.43. The van der Waals surface area contributed by atoms with Crippen molar-refractivity contribution >= 4 is 29.2 Å². The van der Waals surface area contributed by atoms with E-state index in [0.717, 1.165) is 49.7 Å². The van der Waals surface area contributed by atoms with Gasteiger partial charge in [-0.2, -0.15) is 0 Å². The van der Waals surface area contributed by atoms with Crippen molar-refractivity contribution < 1.29 is 4.79 Å². The van der Waals surface area contributed by atoms with Crippen molar-refractivity contribution in [1.29, 1.82) is 0 Å². The lowest BCUT2D eigenvalue weighted by Gasteiger charge is -2.36. The van der Waals surface area contributed by atoms with E-state index in [4.69, 9.17) is 17.3 Å². The van der Waals surface area contributed by atoms with Crippen molar-refractivity contribution in [2.24, 2.45) is 10.7 Å². The fourth-order valence-corrected chi connectivity index (χ4v) is 3.74. The van der Waals surface area contributed by atoms with Crippen LogP contribution < -0.4 is 16.0 Å². The number of hydrogen-bond donors (Lipinski definition) is 2. The number of benzene rings is 1. The third kappa shape index (κ3) is 5.27. The predicted octanol–water partition coefficient (Wildman–Crippen LogP) is 2.23. The lowest BCUT2D eigenvalue weighted by molar-refractivity contribution is -0.120. The maximum atomic E-state index is 12.1. The molecule has 0 atom stereocenters. The van der Waals surface area contributed by atoms with Gasteiger partial charge in [-0.15, -0.1) is 0 Å². The number of nitrogens with zero attached hydrogens (tertiary/aromatic N) is 3. The average Bonchev–Trinajstić information content (AvgIpc) is 2.68. The topological polar surface area (TPSA) is 74.0 Å². The van der Waals surface area contributed by atoms with Crippen LogP contribution in [0.25, 0.3) is 0 Å². The van der Waals surface area contributed by atoms with Crippen LogP contribution >= 0.6 is 11.6 Å². The van der Waals surface area contributed by atoms with Crippen LogP contribution in [0.4, 0.5) is 5.69 Å². The van der Waals surface area contributed by atoms with Gasteiger partial charge in [0.25, 0.3) is 0 Å². The van der Waals surface area contributed by atoms with Gasteiger partial charge in [-0.25, -0.2) is 4.99 Å². The summed E-state index contributed by atoms with van der Waals surface area (Å²) in [5.74, 6) is 0.430. The molecule has 1 saturated heterocycles. The van der Waals surface area contributed by atoms with Crippen LogP contribution in [-0.4, -0.2) is 55.5 Å². The molecule has 1 saturated carbocycles. The summed E-state index contributed by atoms with van der Waals surface area (Å²) in [4.78, 5) is 20.7. The molecule has 0 radical (unpaired) electrons. The molecule has 2 fully saturated rings. The van der Waals surface area contributed by atoms with Crippen molar-refractivity contribution in [2.75, 3.05) is 37.6 Å². The minimum Gasteiger partial charge on any atom is -0.370 e. The highest BCUT2D eigenvalue weighted by Gasteiger charge is 2.19. The number of carbonyl (C=O) groups is 1. The monoisotopic (exact) mass is 377 g/mol. The summed E-state index contributed by atoms with van der Waals surface area (Å²) in [5.41, 5.74) is 7.26. The van der Waals surface area contributed by atoms with Crippen LogP contribution in [0.1, 0.15) is 32.1 Å². The Hall–Kier alpha value is -1.95. The van der Waals surface area contributed by atoms with Crippen LogP contribution in [-0.2, 0) is 4.79 Å². The molecule has 0 aromatic heterocycles. The molecule has 1 heterocycles. The number of anilines is 1. The largest absolute Gasteiger partial charge is 0.370 e. The molecule has 0 bridgehead atoms. The molecule has 26 heavy (non-hydrogen) atoms. The molecule has 1 aliphatic heterocycles. The summed E-state index contributed by atoms with van der Waals surface area (Å²) in [6.07, 6.45) is 5.84. The highest BCUT2D eigenvalue weighted by Crippen LogP contribution is 2.19. The number of nitrogens with two attached hydrogens (primary N) is 1. The van der Waals surface area contributed by atoms with E-state index in [0.29, 0.717) is 12.0 Å². The Morgan fingerprint density at radius 1 is 1.12 bits per heavy atom. The molecular formula is C19H28ClN5O. The standard InChI is InChI=1S/C19H28ClN5O/c20-15-6-8-17(9-7-15)24-10-12-25(13-11-24)19(21)22-14-18(26)23-16-4-2-1-3-5-16/h6-9,16H,1-5,10-14H2,(H2,21,22)(H,23,26). The van der Waals surface area contributed by atoms with Gasteiger partial charge in [0, 0.05) is 42.9 Å². The molecule has 2 aliphatic rings. The van der Waals surface area contributed by atoms with Crippen molar-refractivity contribution in [1.82, 2.24) is 10.2 Å². The molecule has 6 nitrogen and oxygen atoms in total. The zero-order chi connectivity index (χ0) is 18.4. The third-order valence-electron chi connectivity index (χ3n) is 5.15. The minimum absolute atomic E-state index is 0.0281. The van der Waals surface area contributed by atoms with Gasteiger partial charge in [0.1, 0.15) is 6.54 Å². The third-order valence-corrected chi connectivity index (χ3v) is 5.40. The van der Waals surface area contributed by atoms with Gasteiger partial charge < -0.3 is 20.9 Å². The zero-order valence-electron chi connectivity index (χ0n) is 15.2. The Kier molecular flexibility index (Phi) is 6.61. The SMILES string of the molecule is NC(=NCC(=O)NC1CCCCC1)N1CCN(c2ccc(Cl)cc2)CC1. The van der Waals surface area contributed by atoms with Crippen molar-refractivity contribution in [3.63, 3.8) is 0 Å². The second-order valence-corrected chi connectivity index (χ2v) is 7.46. The van der Waals surface area contributed by atoms with E-state index in [1.165, 1.54) is 19.3 Å². The summed E-state index contributed by atoms with van der Waals surface area (Å²) >= 11 is 5.95. The first-order chi connectivity index (χ1) is 12.6. The van der Waals surface area contributed by atoms with Crippen molar-refractivity contribution in [3.05, 3.63) is 29.3 Å². The number of nitrogens with one attached hydrogen (secondary N) is 1. The molecule has 142 valence electrons. The molecule has 7 heteroatoms. The highest BCUT2D eigenvalue weighted by atomic mass is 35.5. The van der Waals surface area contributed by atoms with Gasteiger partial charge in [-0.1, -0.05) is 30.9 Å². The zero-order valence-corrected chi connectivity index (χ0v) is 15.9. The van der Waals surface area contributed by atoms with E-state index in [1.807, 2.05) is 29.2 Å². The predicted molar refractivity (Wildman–Crippen MR) is 107 cm³/mol. The normalized spacial score (nSPS) is 19.5. The number of halogens is 1. The lowest BCUT2D eigenvalue weighted by atomic mass is 9.95. The summed E-state index contributed by atoms with van der Waals surface area (Å²) in [5, 5.41) is 3.82. The fourth-order valence-electron chi connectivity index (χ4n) is 3.62. The maximum Gasteiger partial charge on any atom is 0.242 e. The van der Waals surface area contributed by atoms with Gasteiger partial charge >= 0.3 is 0 Å². The molecule has 3 N–H and O–H groups in total. The summed E-state index contributed by atoms with van der Waals surface area (Å²) in [6, 6.07) is 8.19. The van der Waals surface area contributed by atoms with Gasteiger partial charge in [-0.3, -0.25) is 4.79 Å². The second-order valence-electron chi connectivity index (χ2n) is 7.03. The van der Waals surface area contributed by atoms with E-state index in [1.54, 1.807) is 0 Å². The van der Waals surface area contributed by atoms with E-state index in [2.05, 4.69) is 15.2 Å². The Labute approximate surface area is 160 Å². The number of guanidine groups is 1. The molecule has 1 aromatic carbocycles. The Balaban J connectivity index is 1.43. The Bertz CT molecular complexity index is 619. The Morgan fingerprint density at radius 3 is 2.42 bits per heavy atom. The minimum atomic E-state index is -0.0281. The lowest BCUT2D eigenvalue weighted by Crippen LogP contribution is -2.51. The van der Waals surface area contributed by atoms with Crippen LogP contribution in [0.2, 0.25) is 5.02 Å². The number of rotatable bonds is 4. The molecule has 0 unspecified atom stereocenters. The molecule has 1 aliphatic carbocycles. The first-order valence-electron chi connectivity index (χ1n) is 9.46. The maximum absolute atomic E-state index is 12.1. The van der Waals surface area contributed by atoms with E-state index >= 15 is 0 Å². The average molecular weight is 378 g/mol. The van der Waals surface area contributed by atoms with Gasteiger partial charge in [0.15, 0.2) is 5.96 Å². The van der Waals surface area contributed by atoms with Gasteiger partial charge in [0.2, 0.25) is 5.91 Å². The molecule has 3 rings (SSSR count). The Morgan fingerprint density at radius 2 is 1.77 bits per heavy atom. The van der Waals surface area contributed by atoms with Crippen LogP contribution in [0.15, 0.2) is 29.3 Å². The number of hydrogen-bond acceptors (Lipinski definition) is 3. The molecular weight excluding hydrogens is 350 g/mol. The van der Waals surface area contributed by atoms with Crippen molar-refractivity contribution in [3.8, 4) is 0 Å². The number of amides is 1. The van der Waals surface area contributed by atoms with E-state index in [9.17, 15) is 4.79 Å². The highest BCUT2D eigenvalue weighted by molar-refractivity contribution is 6.30. The second kappa shape index (κ2) is 9.12. The summed E-state index contributed by atoms with van der Waals surface area (Å²) in [7, 11) is 0. The quantitative estimate of drug-likeness (QED) is 0.623. The van der Waals surface area contributed by atoms with Crippen LogP contribution in [0.3, 0.4) is 0 Å². The smallest absolute Gasteiger partial charge is 0.242 e. The number of aliphatic imine (C=N–C) groups is 1. The summed E-state index contributed by atoms with van der Waals surface area (Å²) < 4.78 is 0. The molecule has 0 spiro atoms. The first kappa shape index (κ1) is 18.8. The molecule has 1 aromatic rings. The van der Waals surface area contributed by atoms with E-state index in [-0.39, 0.29) is 12.5 Å². The molecule has 1 amide bonds. The van der Waals surface area contributed by atoms with Crippen LogP contribution in [0.5, 0.6) is 0 Å². The van der Waals surface area contributed by atoms with Crippen LogP contribution in [0, 0.1) is 0 Å².